The average Bonchev–Trinajstić information content (AvgIpc) is 2.54. The first kappa shape index (κ1) is 13.7. The van der Waals surface area contributed by atoms with Crippen molar-refractivity contribution in [3.8, 4) is 0 Å². The van der Waals surface area contributed by atoms with Crippen molar-refractivity contribution in [1.82, 2.24) is 9.78 Å². The first-order valence-electron chi connectivity index (χ1n) is 6.03. The number of carbonyl (C=O) groups excluding carboxylic acids is 1. The molecule has 0 spiro atoms. The average molecular weight is 238 g/mol. The highest BCUT2D eigenvalue weighted by molar-refractivity contribution is 5.91. The van der Waals surface area contributed by atoms with E-state index < -0.39 is 0 Å². The van der Waals surface area contributed by atoms with Gasteiger partial charge < -0.3 is 11.1 Å². The van der Waals surface area contributed by atoms with Gasteiger partial charge in [0.25, 0.3) is 0 Å². The van der Waals surface area contributed by atoms with E-state index in [0.29, 0.717) is 25.4 Å². The van der Waals surface area contributed by atoms with Gasteiger partial charge >= 0.3 is 0 Å². The Bertz CT molecular complexity index is 395. The summed E-state index contributed by atoms with van der Waals surface area (Å²) in [6.07, 6.45) is 1.17. The number of nitrogens with one attached hydrogen (secondary N) is 1. The number of hydrogen-bond donors (Lipinski definition) is 2. The number of amides is 1. The van der Waals surface area contributed by atoms with Gasteiger partial charge in [0.1, 0.15) is 0 Å². The normalized spacial score (nSPS) is 10.9. The molecule has 1 heterocycles. The van der Waals surface area contributed by atoms with Crippen molar-refractivity contribution in [2.45, 2.75) is 46.6 Å². The number of aromatic nitrogens is 2. The summed E-state index contributed by atoms with van der Waals surface area (Å²) in [7, 11) is 0. The zero-order valence-electron chi connectivity index (χ0n) is 11.1. The maximum atomic E-state index is 11.7. The molecule has 0 aliphatic carbocycles. The molecule has 96 valence electrons. The molecule has 0 aromatic carbocycles. The Morgan fingerprint density at radius 3 is 2.59 bits per heavy atom. The minimum Gasteiger partial charge on any atom is -0.330 e. The molecular weight excluding hydrogens is 216 g/mol. The fourth-order valence-electron chi connectivity index (χ4n) is 1.81. The number of rotatable bonds is 5. The molecular formula is C12H22N4O. The van der Waals surface area contributed by atoms with Crippen molar-refractivity contribution in [2.24, 2.45) is 5.73 Å². The van der Waals surface area contributed by atoms with E-state index in [9.17, 15) is 4.79 Å². The highest BCUT2D eigenvalue weighted by atomic mass is 16.1. The fraction of sp³-hybridized carbons (Fsp3) is 0.667. The third-order valence-electron chi connectivity index (χ3n) is 2.69. The Hall–Kier alpha value is -1.36. The van der Waals surface area contributed by atoms with Gasteiger partial charge in [-0.2, -0.15) is 5.10 Å². The zero-order chi connectivity index (χ0) is 13.0. The SMILES string of the molecule is Cc1nn(C(C)C)c(C)c1NC(=O)CCCN. The van der Waals surface area contributed by atoms with Gasteiger partial charge in [-0.05, 0) is 40.7 Å². The fourth-order valence-corrected chi connectivity index (χ4v) is 1.81. The molecule has 1 amide bonds. The number of aryl methyl sites for hydroxylation is 1. The molecule has 0 saturated heterocycles. The van der Waals surface area contributed by atoms with Crippen molar-refractivity contribution in [3.05, 3.63) is 11.4 Å². The third kappa shape index (κ3) is 3.30. The van der Waals surface area contributed by atoms with E-state index >= 15 is 0 Å². The first-order chi connectivity index (χ1) is 7.97. The van der Waals surface area contributed by atoms with Crippen molar-refractivity contribution < 1.29 is 4.79 Å². The molecule has 5 heteroatoms. The smallest absolute Gasteiger partial charge is 0.224 e. The predicted octanol–water partition coefficient (Wildman–Crippen LogP) is 1.76. The van der Waals surface area contributed by atoms with E-state index in [1.165, 1.54) is 0 Å². The number of nitrogens with two attached hydrogens (primary N) is 1. The summed E-state index contributed by atoms with van der Waals surface area (Å²) in [5, 5.41) is 7.33. The highest BCUT2D eigenvalue weighted by Gasteiger charge is 2.15. The Balaban J connectivity index is 2.81. The molecule has 0 saturated carbocycles. The maximum absolute atomic E-state index is 11.7. The standard InChI is InChI=1S/C12H22N4O/c1-8(2)16-10(4)12(9(3)15-16)14-11(17)6-5-7-13/h8H,5-7,13H2,1-4H3,(H,14,17). The third-order valence-corrected chi connectivity index (χ3v) is 2.69. The van der Waals surface area contributed by atoms with Crippen LogP contribution in [0.3, 0.4) is 0 Å². The number of nitrogens with zero attached hydrogens (tertiary/aromatic N) is 2. The van der Waals surface area contributed by atoms with Crippen LogP contribution in [-0.4, -0.2) is 22.2 Å². The minimum absolute atomic E-state index is 0.00459. The highest BCUT2D eigenvalue weighted by Crippen LogP contribution is 2.22. The maximum Gasteiger partial charge on any atom is 0.224 e. The van der Waals surface area contributed by atoms with Gasteiger partial charge in [0.15, 0.2) is 0 Å². The molecule has 0 atom stereocenters. The summed E-state index contributed by atoms with van der Waals surface area (Å²) in [4.78, 5) is 11.7. The molecule has 1 aromatic rings. The summed E-state index contributed by atoms with van der Waals surface area (Å²) in [6.45, 7) is 8.55. The second-order valence-electron chi connectivity index (χ2n) is 4.52. The summed E-state index contributed by atoms with van der Waals surface area (Å²) >= 11 is 0. The van der Waals surface area contributed by atoms with Crippen LogP contribution in [0, 0.1) is 13.8 Å². The van der Waals surface area contributed by atoms with E-state index in [0.717, 1.165) is 17.1 Å². The summed E-state index contributed by atoms with van der Waals surface area (Å²) in [5.41, 5.74) is 8.07. The van der Waals surface area contributed by atoms with Crippen LogP contribution in [0.4, 0.5) is 5.69 Å². The zero-order valence-corrected chi connectivity index (χ0v) is 11.1. The molecule has 1 rings (SSSR count). The van der Waals surface area contributed by atoms with Crippen molar-refractivity contribution in [3.63, 3.8) is 0 Å². The predicted molar refractivity (Wildman–Crippen MR) is 69.0 cm³/mol. The molecule has 1 aromatic heterocycles. The molecule has 0 fully saturated rings. The molecule has 5 nitrogen and oxygen atoms in total. The monoisotopic (exact) mass is 238 g/mol. The molecule has 17 heavy (non-hydrogen) atoms. The molecule has 0 radical (unpaired) electrons. The van der Waals surface area contributed by atoms with Gasteiger partial charge in [0.2, 0.25) is 5.91 Å². The molecule has 0 aliphatic heterocycles. The van der Waals surface area contributed by atoms with Gasteiger partial charge in [0.05, 0.1) is 17.1 Å². The Morgan fingerprint density at radius 1 is 1.47 bits per heavy atom. The Labute approximate surface area is 102 Å². The Kier molecular flexibility index (Phi) is 4.69. The quantitative estimate of drug-likeness (QED) is 0.821. The lowest BCUT2D eigenvalue weighted by Gasteiger charge is -2.09. The number of anilines is 1. The lowest BCUT2D eigenvalue weighted by molar-refractivity contribution is -0.116. The molecule has 0 bridgehead atoms. The van der Waals surface area contributed by atoms with Crippen LogP contribution < -0.4 is 11.1 Å². The largest absolute Gasteiger partial charge is 0.330 e. The minimum atomic E-state index is 0.00459. The summed E-state index contributed by atoms with van der Waals surface area (Å²) in [5.74, 6) is 0.00459. The summed E-state index contributed by atoms with van der Waals surface area (Å²) in [6, 6.07) is 0.295. The first-order valence-corrected chi connectivity index (χ1v) is 6.03. The van der Waals surface area contributed by atoms with E-state index in [2.05, 4.69) is 24.3 Å². The van der Waals surface area contributed by atoms with Crippen LogP contribution in [-0.2, 0) is 4.79 Å². The van der Waals surface area contributed by atoms with Crippen LogP contribution >= 0.6 is 0 Å². The molecule has 0 aliphatic rings. The number of carbonyl (C=O) groups is 1. The number of hydrogen-bond acceptors (Lipinski definition) is 3. The van der Waals surface area contributed by atoms with Gasteiger partial charge in [-0.25, -0.2) is 0 Å². The van der Waals surface area contributed by atoms with Crippen LogP contribution in [0.1, 0.15) is 44.1 Å². The van der Waals surface area contributed by atoms with Gasteiger partial charge in [-0.3, -0.25) is 9.48 Å². The van der Waals surface area contributed by atoms with E-state index in [4.69, 9.17) is 5.73 Å². The van der Waals surface area contributed by atoms with Crippen LogP contribution in [0.2, 0.25) is 0 Å². The van der Waals surface area contributed by atoms with Gasteiger partial charge in [-0.15, -0.1) is 0 Å². The van der Waals surface area contributed by atoms with Gasteiger partial charge in [-0.1, -0.05) is 0 Å². The topological polar surface area (TPSA) is 72.9 Å². The second-order valence-corrected chi connectivity index (χ2v) is 4.52. The van der Waals surface area contributed by atoms with Crippen molar-refractivity contribution in [2.75, 3.05) is 11.9 Å². The van der Waals surface area contributed by atoms with Crippen LogP contribution in [0.15, 0.2) is 0 Å². The van der Waals surface area contributed by atoms with E-state index in [1.807, 2.05) is 18.5 Å². The van der Waals surface area contributed by atoms with Gasteiger partial charge in [0, 0.05) is 12.5 Å². The van der Waals surface area contributed by atoms with Crippen LogP contribution in [0.25, 0.3) is 0 Å². The summed E-state index contributed by atoms with van der Waals surface area (Å²) < 4.78 is 1.92. The lowest BCUT2D eigenvalue weighted by atomic mass is 10.2. The van der Waals surface area contributed by atoms with Crippen molar-refractivity contribution >= 4 is 11.6 Å². The molecule has 0 unspecified atom stereocenters. The Morgan fingerprint density at radius 2 is 2.12 bits per heavy atom. The lowest BCUT2D eigenvalue weighted by Crippen LogP contribution is -2.14. The van der Waals surface area contributed by atoms with E-state index in [-0.39, 0.29) is 5.91 Å². The van der Waals surface area contributed by atoms with E-state index in [1.54, 1.807) is 0 Å². The van der Waals surface area contributed by atoms with Crippen LogP contribution in [0.5, 0.6) is 0 Å². The van der Waals surface area contributed by atoms with Crippen molar-refractivity contribution in [1.29, 1.82) is 0 Å². The molecule has 3 N–H and O–H groups in total. The second kappa shape index (κ2) is 5.82.